The topological polar surface area (TPSA) is 124 Å². The van der Waals surface area contributed by atoms with Crippen LogP contribution < -0.4 is 10.8 Å². The first-order valence-corrected chi connectivity index (χ1v) is 15.5. The maximum Gasteiger partial charge on any atom is 0.491 e. The summed E-state index contributed by atoms with van der Waals surface area (Å²) in [5, 5.41) is 29.8. The van der Waals surface area contributed by atoms with E-state index in [4.69, 9.17) is 15.2 Å². The van der Waals surface area contributed by atoms with Gasteiger partial charge in [0.2, 0.25) is 5.91 Å². The minimum Gasteiger partial charge on any atom is -0.481 e. The molecule has 4 N–H and O–H groups in total. The van der Waals surface area contributed by atoms with Gasteiger partial charge in [-0.05, 0) is 31.7 Å². The van der Waals surface area contributed by atoms with E-state index < -0.39 is 36.0 Å². The van der Waals surface area contributed by atoms with Crippen molar-refractivity contribution in [1.29, 1.82) is 0 Å². The van der Waals surface area contributed by atoms with E-state index in [9.17, 15) is 23.2 Å². The molecule has 1 aromatic rings. The Bertz CT molecular complexity index is 915. The number of nitrogens with one attached hydrogen (secondary N) is 1. The molecule has 0 aromatic heterocycles. The van der Waals surface area contributed by atoms with E-state index in [1.807, 2.05) is 0 Å². The smallest absolute Gasteiger partial charge is 0.481 e. The molecule has 0 aliphatic heterocycles. The fourth-order valence-corrected chi connectivity index (χ4v) is 4.82. The van der Waals surface area contributed by atoms with Gasteiger partial charge in [-0.2, -0.15) is 0 Å². The number of aliphatic carboxylic acids is 1. The Morgan fingerprint density at radius 2 is 1.22 bits per heavy atom. The zero-order chi connectivity index (χ0) is 30.5. The summed E-state index contributed by atoms with van der Waals surface area (Å²) in [4.78, 5) is 34.8. The van der Waals surface area contributed by atoms with Crippen LogP contribution in [0.4, 0.5) is 8.78 Å². The predicted octanol–water partition coefficient (Wildman–Crippen LogP) is 6.08. The molecule has 0 spiro atoms. The molecule has 1 amide bonds. The lowest BCUT2D eigenvalue weighted by atomic mass is 9.79. The first-order valence-electron chi connectivity index (χ1n) is 15.5. The molecule has 41 heavy (non-hydrogen) atoms. The molecule has 7 nitrogen and oxygen atoms in total. The van der Waals surface area contributed by atoms with E-state index in [-0.39, 0.29) is 23.8 Å². The lowest BCUT2D eigenvalue weighted by Gasteiger charge is -2.07. The van der Waals surface area contributed by atoms with Crippen molar-refractivity contribution >= 4 is 30.2 Å². The molecule has 10 heteroatoms. The fraction of sp³-hybridized carbons (Fsp3) is 0.710. The Balaban J connectivity index is 1.88. The van der Waals surface area contributed by atoms with Crippen molar-refractivity contribution in [3.8, 4) is 0 Å². The number of hydrogen-bond donors (Lipinski definition) is 4. The van der Waals surface area contributed by atoms with Gasteiger partial charge >= 0.3 is 13.1 Å². The van der Waals surface area contributed by atoms with Gasteiger partial charge in [0.25, 0.3) is 0 Å². The van der Waals surface area contributed by atoms with E-state index in [0.717, 1.165) is 69.9 Å². The summed E-state index contributed by atoms with van der Waals surface area (Å²) in [7, 11) is -2.12. The number of carbonyl (C=O) groups is 3. The van der Waals surface area contributed by atoms with Gasteiger partial charge in [0.1, 0.15) is 0 Å². The van der Waals surface area contributed by atoms with E-state index in [1.165, 1.54) is 38.5 Å². The third-order valence-electron chi connectivity index (χ3n) is 7.56. The minimum atomic E-state index is -2.12. The van der Waals surface area contributed by atoms with Crippen LogP contribution in [0.2, 0.25) is 0 Å². The zero-order valence-corrected chi connectivity index (χ0v) is 24.8. The summed E-state index contributed by atoms with van der Waals surface area (Å²) in [6, 6.07) is 2.14. The minimum absolute atomic E-state index is 0.0872. The van der Waals surface area contributed by atoms with Crippen LogP contribution in [0.15, 0.2) is 12.1 Å². The number of ketones is 1. The molecule has 1 aromatic carbocycles. The van der Waals surface area contributed by atoms with Gasteiger partial charge in [0.05, 0.1) is 11.5 Å². The highest BCUT2D eigenvalue weighted by molar-refractivity contribution is 6.58. The van der Waals surface area contributed by atoms with Crippen LogP contribution in [0, 0.1) is 17.6 Å². The summed E-state index contributed by atoms with van der Waals surface area (Å²) < 4.78 is 27.9. The van der Waals surface area contributed by atoms with Crippen LogP contribution >= 0.6 is 0 Å². The van der Waals surface area contributed by atoms with Crippen LogP contribution in [0.5, 0.6) is 0 Å². The summed E-state index contributed by atoms with van der Waals surface area (Å²) in [5.41, 5.74) is -0.924. The molecule has 0 fully saturated rings. The van der Waals surface area contributed by atoms with Crippen molar-refractivity contribution in [3.63, 3.8) is 0 Å². The highest BCUT2D eigenvalue weighted by Gasteiger charge is 2.23. The Morgan fingerprint density at radius 3 is 1.71 bits per heavy atom. The average Bonchev–Trinajstić information content (AvgIpc) is 2.93. The third kappa shape index (κ3) is 16.6. The fourth-order valence-electron chi connectivity index (χ4n) is 4.82. The van der Waals surface area contributed by atoms with Crippen molar-refractivity contribution in [2.75, 3.05) is 6.54 Å². The maximum absolute atomic E-state index is 14.0. The number of Topliss-reactive ketones (excluding diaryl/α,β-unsaturated/α-hetero) is 1. The number of amides is 1. The zero-order valence-electron chi connectivity index (χ0n) is 24.8. The van der Waals surface area contributed by atoms with Gasteiger partial charge in [0.15, 0.2) is 17.4 Å². The number of carboxylic acids is 1. The van der Waals surface area contributed by atoms with Crippen LogP contribution in [-0.2, 0) is 9.59 Å². The molecule has 0 radical (unpaired) electrons. The van der Waals surface area contributed by atoms with E-state index in [2.05, 4.69) is 5.32 Å². The second kappa shape index (κ2) is 22.3. The van der Waals surface area contributed by atoms with Gasteiger partial charge in [0, 0.05) is 24.8 Å². The largest absolute Gasteiger partial charge is 0.491 e. The van der Waals surface area contributed by atoms with Crippen LogP contribution in [0.25, 0.3) is 0 Å². The van der Waals surface area contributed by atoms with Gasteiger partial charge < -0.3 is 20.5 Å². The Labute approximate surface area is 244 Å². The van der Waals surface area contributed by atoms with E-state index >= 15 is 0 Å². The van der Waals surface area contributed by atoms with Crippen LogP contribution in [0.1, 0.15) is 139 Å². The number of carbonyl (C=O) groups excluding carboxylic acids is 2. The van der Waals surface area contributed by atoms with E-state index in [1.54, 1.807) is 6.92 Å². The molecule has 0 heterocycles. The van der Waals surface area contributed by atoms with Gasteiger partial charge in [-0.3, -0.25) is 14.4 Å². The van der Waals surface area contributed by atoms with Crippen molar-refractivity contribution in [2.45, 2.75) is 129 Å². The average molecular weight is 582 g/mol. The summed E-state index contributed by atoms with van der Waals surface area (Å²) >= 11 is 0. The highest BCUT2D eigenvalue weighted by atomic mass is 19.2. The lowest BCUT2D eigenvalue weighted by molar-refractivity contribution is -0.141. The number of hydrogen-bond acceptors (Lipinski definition) is 5. The summed E-state index contributed by atoms with van der Waals surface area (Å²) in [6.07, 6.45) is 18.1. The van der Waals surface area contributed by atoms with E-state index in [0.29, 0.717) is 25.8 Å². The Kier molecular flexibility index (Phi) is 20.0. The van der Waals surface area contributed by atoms with Gasteiger partial charge in [-0.15, -0.1) is 0 Å². The van der Waals surface area contributed by atoms with Crippen molar-refractivity contribution in [2.24, 2.45) is 5.92 Å². The quantitative estimate of drug-likeness (QED) is 0.0631. The number of rotatable bonds is 25. The molecule has 0 aliphatic carbocycles. The molecule has 232 valence electrons. The highest BCUT2D eigenvalue weighted by Crippen LogP contribution is 2.17. The molecule has 0 saturated carbocycles. The molecule has 1 atom stereocenters. The summed E-state index contributed by atoms with van der Waals surface area (Å²) in [5.74, 6) is -4.19. The number of carboxylic acid groups (broad SMARTS) is 1. The molecule has 0 saturated heterocycles. The number of halogens is 2. The standard InChI is InChI=1S/C31H50BF2NO6/c1-24(31(38)39)18-16-17-23-35-28(37)20-15-13-11-9-7-5-3-2-4-6-8-10-12-14-19-27(36)25-21-22-26(32(40)41)30(34)29(25)33/h21-22,24,40-41H,2-20,23H2,1H3,(H,35,37)(H,38,39)/t24-/m0/s1. The SMILES string of the molecule is C[C@@H](CCCCNC(=O)CCCCCCCCCCCCCCCCC(=O)c1ccc(B(O)O)c(F)c1F)C(=O)O. The second-order valence-corrected chi connectivity index (χ2v) is 11.2. The van der Waals surface area contributed by atoms with Crippen molar-refractivity contribution in [1.82, 2.24) is 5.32 Å². The molecular formula is C31H50BF2NO6. The Morgan fingerprint density at radius 1 is 0.732 bits per heavy atom. The molecule has 1 rings (SSSR count). The van der Waals surface area contributed by atoms with Gasteiger partial charge in [-0.1, -0.05) is 96.5 Å². The monoisotopic (exact) mass is 581 g/mol. The Hall–Kier alpha value is -2.33. The first-order chi connectivity index (χ1) is 19.6. The molecular weight excluding hydrogens is 531 g/mol. The normalized spacial score (nSPS) is 11.8. The molecule has 0 bridgehead atoms. The van der Waals surface area contributed by atoms with Crippen LogP contribution in [-0.4, -0.2) is 46.5 Å². The maximum atomic E-state index is 14.0. The third-order valence-corrected chi connectivity index (χ3v) is 7.56. The number of benzene rings is 1. The first kappa shape index (κ1) is 36.7. The molecule has 0 aliphatic rings. The van der Waals surface area contributed by atoms with Crippen molar-refractivity contribution in [3.05, 3.63) is 29.3 Å². The van der Waals surface area contributed by atoms with Gasteiger partial charge in [-0.25, -0.2) is 8.78 Å². The summed E-state index contributed by atoms with van der Waals surface area (Å²) in [6.45, 7) is 2.33. The molecule has 0 unspecified atom stereocenters. The van der Waals surface area contributed by atoms with Crippen molar-refractivity contribution < 1.29 is 38.3 Å². The predicted molar refractivity (Wildman–Crippen MR) is 158 cm³/mol. The number of unbranched alkanes of at least 4 members (excludes halogenated alkanes) is 14. The lowest BCUT2D eigenvalue weighted by Crippen LogP contribution is -2.34. The van der Waals surface area contributed by atoms with Crippen LogP contribution in [0.3, 0.4) is 0 Å². The second-order valence-electron chi connectivity index (χ2n) is 11.2.